The summed E-state index contributed by atoms with van der Waals surface area (Å²) < 4.78 is 0. The van der Waals surface area contributed by atoms with Gasteiger partial charge in [0.25, 0.3) is 0 Å². The van der Waals surface area contributed by atoms with Gasteiger partial charge in [-0.25, -0.2) is 0 Å². The Morgan fingerprint density at radius 1 is 1.06 bits per heavy atom. The maximum atomic E-state index is 6.39. The van der Waals surface area contributed by atoms with Crippen LogP contribution in [0.5, 0.6) is 0 Å². The van der Waals surface area contributed by atoms with Crippen molar-refractivity contribution in [3.05, 3.63) is 0 Å². The predicted octanol–water partition coefficient (Wildman–Crippen LogP) is 3.97. The van der Waals surface area contributed by atoms with Gasteiger partial charge in [0, 0.05) is 6.04 Å². The molecule has 0 heterocycles. The standard InChI is InChI=1S/C16H29N/c1-11(17)15-6-12-5-13(7-15)9-16(8-12,10-15)14(2,3)4/h11-13H,5-10,17H2,1-4H3. The van der Waals surface area contributed by atoms with Crippen molar-refractivity contribution in [3.63, 3.8) is 0 Å². The van der Waals surface area contributed by atoms with Crippen molar-refractivity contribution in [1.82, 2.24) is 0 Å². The number of rotatable bonds is 1. The largest absolute Gasteiger partial charge is 0.327 e. The van der Waals surface area contributed by atoms with Gasteiger partial charge in [-0.3, -0.25) is 0 Å². The molecule has 0 amide bonds. The second kappa shape index (κ2) is 3.29. The van der Waals surface area contributed by atoms with Gasteiger partial charge in [-0.05, 0) is 73.5 Å². The summed E-state index contributed by atoms with van der Waals surface area (Å²) in [6.07, 6.45) is 8.75. The molecule has 0 aromatic carbocycles. The third-order valence-electron chi connectivity index (χ3n) is 6.66. The molecule has 4 saturated carbocycles. The molecule has 3 unspecified atom stereocenters. The van der Waals surface area contributed by atoms with E-state index in [2.05, 4.69) is 27.7 Å². The molecular weight excluding hydrogens is 206 g/mol. The molecule has 3 atom stereocenters. The molecule has 0 aromatic rings. The minimum absolute atomic E-state index is 0.398. The molecule has 0 aliphatic heterocycles. The van der Waals surface area contributed by atoms with Crippen molar-refractivity contribution in [3.8, 4) is 0 Å². The molecule has 4 rings (SSSR count). The van der Waals surface area contributed by atoms with Crippen LogP contribution in [0.25, 0.3) is 0 Å². The maximum Gasteiger partial charge on any atom is 0.00674 e. The number of nitrogens with two attached hydrogens (primary N) is 1. The summed E-state index contributed by atoms with van der Waals surface area (Å²) in [5.41, 5.74) is 7.96. The van der Waals surface area contributed by atoms with E-state index in [1.54, 1.807) is 0 Å². The van der Waals surface area contributed by atoms with E-state index in [1.165, 1.54) is 38.5 Å². The summed E-state index contributed by atoms with van der Waals surface area (Å²) in [5.74, 6) is 1.97. The van der Waals surface area contributed by atoms with Crippen LogP contribution in [0.15, 0.2) is 0 Å². The van der Waals surface area contributed by atoms with E-state index in [9.17, 15) is 0 Å². The molecule has 0 saturated heterocycles. The zero-order chi connectivity index (χ0) is 12.5. The maximum absolute atomic E-state index is 6.39. The third-order valence-corrected chi connectivity index (χ3v) is 6.66. The van der Waals surface area contributed by atoms with Gasteiger partial charge >= 0.3 is 0 Å². The van der Waals surface area contributed by atoms with Gasteiger partial charge in [0.05, 0.1) is 0 Å². The van der Waals surface area contributed by atoms with Crippen LogP contribution in [-0.4, -0.2) is 6.04 Å². The molecule has 2 N–H and O–H groups in total. The summed E-state index contributed by atoms with van der Waals surface area (Å²) in [6.45, 7) is 9.67. The topological polar surface area (TPSA) is 26.0 Å². The Balaban J connectivity index is 2.00. The highest BCUT2D eigenvalue weighted by molar-refractivity contribution is 5.12. The molecule has 4 aliphatic rings. The lowest BCUT2D eigenvalue weighted by molar-refractivity contribution is -0.162. The summed E-state index contributed by atoms with van der Waals surface area (Å²) in [4.78, 5) is 0. The molecule has 1 heteroatoms. The van der Waals surface area contributed by atoms with E-state index in [0.29, 0.717) is 22.3 Å². The predicted molar refractivity (Wildman–Crippen MR) is 72.7 cm³/mol. The number of hydrogen-bond donors (Lipinski definition) is 1. The van der Waals surface area contributed by atoms with Crippen LogP contribution in [0.1, 0.15) is 66.2 Å². The molecule has 0 spiro atoms. The van der Waals surface area contributed by atoms with E-state index in [-0.39, 0.29) is 0 Å². The molecule has 17 heavy (non-hydrogen) atoms. The third kappa shape index (κ3) is 1.54. The molecule has 4 bridgehead atoms. The minimum atomic E-state index is 0.398. The van der Waals surface area contributed by atoms with E-state index in [0.717, 1.165) is 11.8 Å². The second-order valence-corrected chi connectivity index (χ2v) is 8.64. The van der Waals surface area contributed by atoms with Crippen molar-refractivity contribution >= 4 is 0 Å². The van der Waals surface area contributed by atoms with Crippen molar-refractivity contribution in [2.24, 2.45) is 33.8 Å². The Kier molecular flexibility index (Phi) is 2.32. The molecule has 4 fully saturated rings. The first kappa shape index (κ1) is 12.0. The Morgan fingerprint density at radius 3 is 2.00 bits per heavy atom. The Labute approximate surface area is 107 Å². The lowest BCUT2D eigenvalue weighted by Gasteiger charge is -2.67. The zero-order valence-corrected chi connectivity index (χ0v) is 12.1. The molecule has 0 aromatic heterocycles. The van der Waals surface area contributed by atoms with Crippen molar-refractivity contribution in [2.75, 3.05) is 0 Å². The fourth-order valence-corrected chi connectivity index (χ4v) is 5.74. The van der Waals surface area contributed by atoms with Crippen molar-refractivity contribution in [1.29, 1.82) is 0 Å². The van der Waals surface area contributed by atoms with Crippen LogP contribution in [0.3, 0.4) is 0 Å². The Morgan fingerprint density at radius 2 is 1.59 bits per heavy atom. The van der Waals surface area contributed by atoms with Crippen LogP contribution in [0.4, 0.5) is 0 Å². The van der Waals surface area contributed by atoms with Gasteiger partial charge in [0.1, 0.15) is 0 Å². The summed E-state index contributed by atoms with van der Waals surface area (Å²) in [7, 11) is 0. The summed E-state index contributed by atoms with van der Waals surface area (Å²) in [6, 6.07) is 0.398. The minimum Gasteiger partial charge on any atom is -0.327 e. The van der Waals surface area contributed by atoms with Gasteiger partial charge in [-0.2, -0.15) is 0 Å². The first-order chi connectivity index (χ1) is 7.76. The lowest BCUT2D eigenvalue weighted by atomic mass is 9.38. The summed E-state index contributed by atoms with van der Waals surface area (Å²) >= 11 is 0. The van der Waals surface area contributed by atoms with E-state index in [1.807, 2.05) is 0 Å². The van der Waals surface area contributed by atoms with E-state index in [4.69, 9.17) is 5.73 Å². The average Bonchev–Trinajstić information content (AvgIpc) is 2.13. The molecular formula is C16H29N. The molecule has 98 valence electrons. The van der Waals surface area contributed by atoms with Crippen LogP contribution >= 0.6 is 0 Å². The second-order valence-electron chi connectivity index (χ2n) is 8.64. The highest BCUT2D eigenvalue weighted by Gasteiger charge is 2.61. The molecule has 0 radical (unpaired) electrons. The van der Waals surface area contributed by atoms with Crippen LogP contribution in [-0.2, 0) is 0 Å². The van der Waals surface area contributed by atoms with E-state index < -0.39 is 0 Å². The smallest absolute Gasteiger partial charge is 0.00674 e. The highest BCUT2D eigenvalue weighted by Crippen LogP contribution is 2.70. The highest BCUT2D eigenvalue weighted by atomic mass is 14.8. The van der Waals surface area contributed by atoms with Gasteiger partial charge in [0.15, 0.2) is 0 Å². The van der Waals surface area contributed by atoms with Crippen molar-refractivity contribution < 1.29 is 0 Å². The van der Waals surface area contributed by atoms with Gasteiger partial charge in [-0.15, -0.1) is 0 Å². The average molecular weight is 235 g/mol. The zero-order valence-electron chi connectivity index (χ0n) is 12.1. The van der Waals surface area contributed by atoms with Crippen molar-refractivity contribution in [2.45, 2.75) is 72.3 Å². The quantitative estimate of drug-likeness (QED) is 0.731. The summed E-state index contributed by atoms with van der Waals surface area (Å²) in [5, 5.41) is 0. The van der Waals surface area contributed by atoms with Gasteiger partial charge in [-0.1, -0.05) is 20.8 Å². The Bertz CT molecular complexity index is 309. The van der Waals surface area contributed by atoms with Crippen LogP contribution < -0.4 is 5.73 Å². The molecule has 4 aliphatic carbocycles. The normalized spacial score (nSPS) is 50.6. The monoisotopic (exact) mass is 235 g/mol. The Hall–Kier alpha value is -0.0400. The number of hydrogen-bond acceptors (Lipinski definition) is 1. The lowest BCUT2D eigenvalue weighted by Crippen LogP contribution is -2.60. The SMILES string of the molecule is CC(N)C12CC3CC(C1)CC(C(C)(C)C)(C3)C2. The fraction of sp³-hybridized carbons (Fsp3) is 1.00. The fourth-order valence-electron chi connectivity index (χ4n) is 5.74. The van der Waals surface area contributed by atoms with Crippen LogP contribution in [0.2, 0.25) is 0 Å². The van der Waals surface area contributed by atoms with E-state index >= 15 is 0 Å². The first-order valence-corrected chi connectivity index (χ1v) is 7.52. The van der Waals surface area contributed by atoms with Gasteiger partial charge < -0.3 is 5.73 Å². The van der Waals surface area contributed by atoms with Gasteiger partial charge in [0.2, 0.25) is 0 Å². The first-order valence-electron chi connectivity index (χ1n) is 7.52. The molecule has 1 nitrogen and oxygen atoms in total. The van der Waals surface area contributed by atoms with Crippen LogP contribution in [0, 0.1) is 28.1 Å².